The summed E-state index contributed by atoms with van der Waals surface area (Å²) >= 11 is 0. The molecule has 0 aliphatic rings. The molecule has 2 aromatic heterocycles. The van der Waals surface area contributed by atoms with Crippen LogP contribution in [0.25, 0.3) is 34.2 Å². The summed E-state index contributed by atoms with van der Waals surface area (Å²) in [7, 11) is 0. The van der Waals surface area contributed by atoms with Gasteiger partial charge in [-0.15, -0.1) is 0 Å². The lowest BCUT2D eigenvalue weighted by Crippen LogP contribution is -1.90. The van der Waals surface area contributed by atoms with Gasteiger partial charge in [0.1, 0.15) is 11.4 Å². The Morgan fingerprint density at radius 2 is 1.88 bits per heavy atom. The highest BCUT2D eigenvalue weighted by molar-refractivity contribution is 5.66. The Morgan fingerprint density at radius 3 is 2.65 bits per heavy atom. The summed E-state index contributed by atoms with van der Waals surface area (Å²) in [5.74, 6) is 1.81. The van der Waals surface area contributed by atoms with Gasteiger partial charge < -0.3 is 9.26 Å². The highest BCUT2D eigenvalue weighted by atomic mass is 16.5. The Balaban J connectivity index is 1.60. The predicted octanol–water partition coefficient (Wildman–Crippen LogP) is 4.50. The first kappa shape index (κ1) is 16.1. The van der Waals surface area contributed by atoms with E-state index in [4.69, 9.17) is 9.26 Å². The molecule has 6 heteroatoms. The molecule has 26 heavy (non-hydrogen) atoms. The number of nitrogens with zero attached hydrogens (tertiary/aromatic N) is 3. The van der Waals surface area contributed by atoms with Crippen LogP contribution in [0.15, 0.2) is 59.1 Å². The second-order valence-electron chi connectivity index (χ2n) is 5.86. The third kappa shape index (κ3) is 3.09. The zero-order chi connectivity index (χ0) is 17.9. The molecular formula is C20H18N4O2. The lowest BCUT2D eigenvalue weighted by Gasteiger charge is -2.02. The molecule has 0 amide bonds. The van der Waals surface area contributed by atoms with Gasteiger partial charge in [-0.05, 0) is 49.7 Å². The number of aromatic amines is 1. The SMILES string of the molecule is CCOc1ccc(-c2cc(-c3nc(-c4ccccc4C)no3)[nH]n2)cc1. The van der Waals surface area contributed by atoms with Gasteiger partial charge in [-0.3, -0.25) is 5.10 Å². The molecule has 1 N–H and O–H groups in total. The second kappa shape index (κ2) is 6.84. The number of nitrogens with one attached hydrogen (secondary N) is 1. The first-order chi connectivity index (χ1) is 12.7. The summed E-state index contributed by atoms with van der Waals surface area (Å²) in [6.07, 6.45) is 0. The number of hydrogen-bond acceptors (Lipinski definition) is 5. The summed E-state index contributed by atoms with van der Waals surface area (Å²) in [6.45, 7) is 4.63. The highest BCUT2D eigenvalue weighted by Gasteiger charge is 2.15. The predicted molar refractivity (Wildman–Crippen MR) is 98.7 cm³/mol. The van der Waals surface area contributed by atoms with Crippen molar-refractivity contribution in [3.05, 3.63) is 60.2 Å². The third-order valence-corrected chi connectivity index (χ3v) is 4.08. The Hall–Kier alpha value is -3.41. The van der Waals surface area contributed by atoms with Gasteiger partial charge in [0.05, 0.1) is 12.3 Å². The van der Waals surface area contributed by atoms with Crippen LogP contribution in [0.4, 0.5) is 0 Å². The summed E-state index contributed by atoms with van der Waals surface area (Å²) < 4.78 is 10.9. The number of H-pyrrole nitrogens is 1. The van der Waals surface area contributed by atoms with Gasteiger partial charge in [0.25, 0.3) is 5.89 Å². The van der Waals surface area contributed by atoms with Gasteiger partial charge >= 0.3 is 0 Å². The van der Waals surface area contributed by atoms with E-state index in [1.54, 1.807) is 0 Å². The third-order valence-electron chi connectivity index (χ3n) is 4.08. The molecule has 0 saturated carbocycles. The molecule has 0 bridgehead atoms. The maximum absolute atomic E-state index is 5.46. The van der Waals surface area contributed by atoms with Crippen molar-refractivity contribution in [2.45, 2.75) is 13.8 Å². The average Bonchev–Trinajstić information content (AvgIpc) is 3.33. The van der Waals surface area contributed by atoms with E-state index in [0.29, 0.717) is 24.0 Å². The van der Waals surface area contributed by atoms with Crippen molar-refractivity contribution in [1.82, 2.24) is 20.3 Å². The quantitative estimate of drug-likeness (QED) is 0.576. The van der Waals surface area contributed by atoms with Gasteiger partial charge in [0.2, 0.25) is 5.82 Å². The Bertz CT molecular complexity index is 1020. The summed E-state index contributed by atoms with van der Waals surface area (Å²) in [5, 5.41) is 11.4. The number of hydrogen-bond donors (Lipinski definition) is 1. The minimum Gasteiger partial charge on any atom is -0.494 e. The van der Waals surface area contributed by atoms with E-state index < -0.39 is 0 Å². The van der Waals surface area contributed by atoms with Crippen LogP contribution in [0.2, 0.25) is 0 Å². The Morgan fingerprint density at radius 1 is 1.08 bits per heavy atom. The molecule has 130 valence electrons. The van der Waals surface area contributed by atoms with Gasteiger partial charge in [-0.1, -0.05) is 29.4 Å². The maximum atomic E-state index is 5.46. The largest absolute Gasteiger partial charge is 0.494 e. The molecule has 0 saturated heterocycles. The van der Waals surface area contributed by atoms with Crippen molar-refractivity contribution >= 4 is 0 Å². The van der Waals surface area contributed by atoms with Crippen molar-refractivity contribution in [3.63, 3.8) is 0 Å². The van der Waals surface area contributed by atoms with Gasteiger partial charge in [-0.25, -0.2) is 0 Å². The van der Waals surface area contributed by atoms with Crippen LogP contribution >= 0.6 is 0 Å². The summed E-state index contributed by atoms with van der Waals surface area (Å²) in [6, 6.07) is 17.6. The molecular weight excluding hydrogens is 328 g/mol. The number of ether oxygens (including phenoxy) is 1. The molecule has 4 rings (SSSR count). The fourth-order valence-electron chi connectivity index (χ4n) is 2.73. The average molecular weight is 346 g/mol. The molecule has 0 spiro atoms. The molecule has 0 unspecified atom stereocenters. The van der Waals surface area contributed by atoms with E-state index in [9.17, 15) is 0 Å². The van der Waals surface area contributed by atoms with Crippen LogP contribution in [0.5, 0.6) is 5.75 Å². The van der Waals surface area contributed by atoms with Crippen LogP contribution in [0.3, 0.4) is 0 Å². The van der Waals surface area contributed by atoms with Crippen LogP contribution in [-0.4, -0.2) is 26.9 Å². The zero-order valence-electron chi connectivity index (χ0n) is 14.6. The van der Waals surface area contributed by atoms with Crippen LogP contribution in [-0.2, 0) is 0 Å². The molecule has 0 fully saturated rings. The first-order valence-corrected chi connectivity index (χ1v) is 8.43. The molecule has 0 atom stereocenters. The van der Waals surface area contributed by atoms with Crippen LogP contribution in [0.1, 0.15) is 12.5 Å². The van der Waals surface area contributed by atoms with Crippen LogP contribution < -0.4 is 4.74 Å². The molecule has 0 aliphatic heterocycles. The molecule has 2 heterocycles. The van der Waals surface area contributed by atoms with E-state index in [0.717, 1.165) is 28.1 Å². The highest BCUT2D eigenvalue weighted by Crippen LogP contribution is 2.27. The molecule has 2 aromatic carbocycles. The van der Waals surface area contributed by atoms with E-state index >= 15 is 0 Å². The number of rotatable bonds is 5. The molecule has 4 aromatic rings. The van der Waals surface area contributed by atoms with Gasteiger partial charge in [0, 0.05) is 11.1 Å². The van der Waals surface area contributed by atoms with Gasteiger partial charge in [0.15, 0.2) is 0 Å². The Labute approximate surface area is 150 Å². The number of aryl methyl sites for hydroxylation is 1. The van der Waals surface area contributed by atoms with Gasteiger partial charge in [-0.2, -0.15) is 10.1 Å². The fourth-order valence-corrected chi connectivity index (χ4v) is 2.73. The Kier molecular flexibility index (Phi) is 4.23. The van der Waals surface area contributed by atoms with Crippen molar-refractivity contribution in [2.24, 2.45) is 0 Å². The minimum atomic E-state index is 0.410. The molecule has 0 radical (unpaired) electrons. The monoisotopic (exact) mass is 346 g/mol. The normalized spacial score (nSPS) is 10.8. The summed E-state index contributed by atoms with van der Waals surface area (Å²) in [4.78, 5) is 4.49. The first-order valence-electron chi connectivity index (χ1n) is 8.43. The smallest absolute Gasteiger partial charge is 0.276 e. The topological polar surface area (TPSA) is 76.8 Å². The second-order valence-corrected chi connectivity index (χ2v) is 5.86. The van der Waals surface area contributed by atoms with E-state index in [2.05, 4.69) is 20.3 Å². The lowest BCUT2D eigenvalue weighted by atomic mass is 10.1. The lowest BCUT2D eigenvalue weighted by molar-refractivity contribution is 0.340. The van der Waals surface area contributed by atoms with E-state index in [1.807, 2.05) is 68.4 Å². The fraction of sp³-hybridized carbons (Fsp3) is 0.150. The van der Waals surface area contributed by atoms with E-state index in [1.165, 1.54) is 0 Å². The van der Waals surface area contributed by atoms with Crippen molar-refractivity contribution in [3.8, 4) is 40.0 Å². The molecule has 6 nitrogen and oxygen atoms in total. The number of aromatic nitrogens is 4. The van der Waals surface area contributed by atoms with Crippen molar-refractivity contribution in [1.29, 1.82) is 0 Å². The van der Waals surface area contributed by atoms with Crippen LogP contribution in [0, 0.1) is 6.92 Å². The minimum absolute atomic E-state index is 0.410. The van der Waals surface area contributed by atoms with Crippen molar-refractivity contribution in [2.75, 3.05) is 6.61 Å². The molecule has 0 aliphatic carbocycles. The standard InChI is InChI=1S/C20H18N4O2/c1-3-25-15-10-8-14(9-11-15)17-12-18(23-22-17)20-21-19(24-26-20)16-7-5-4-6-13(16)2/h4-12H,3H2,1-2H3,(H,22,23). The maximum Gasteiger partial charge on any atom is 0.276 e. The van der Waals surface area contributed by atoms with E-state index in [-0.39, 0.29) is 0 Å². The van der Waals surface area contributed by atoms with Crippen molar-refractivity contribution < 1.29 is 9.26 Å². The zero-order valence-corrected chi connectivity index (χ0v) is 14.6. The number of benzene rings is 2. The summed E-state index contributed by atoms with van der Waals surface area (Å²) in [5.41, 5.74) is 4.52.